The number of anilines is 1. The Morgan fingerprint density at radius 1 is 1.17 bits per heavy atom. The van der Waals surface area contributed by atoms with Crippen molar-refractivity contribution >= 4 is 5.82 Å². The lowest BCUT2D eigenvalue weighted by Gasteiger charge is -2.33. The molecule has 6 nitrogen and oxygen atoms in total. The zero-order valence-electron chi connectivity index (χ0n) is 14.1. The predicted octanol–water partition coefficient (Wildman–Crippen LogP) is 1.75. The van der Waals surface area contributed by atoms with Crippen molar-refractivity contribution in [3.8, 4) is 0 Å². The summed E-state index contributed by atoms with van der Waals surface area (Å²) in [6, 6.07) is 1.80. The summed E-state index contributed by atoms with van der Waals surface area (Å²) in [7, 11) is 0. The van der Waals surface area contributed by atoms with Gasteiger partial charge in [-0.05, 0) is 50.5 Å². The average molecular weight is 325 g/mol. The van der Waals surface area contributed by atoms with E-state index in [0.29, 0.717) is 5.92 Å². The van der Waals surface area contributed by atoms with Crippen LogP contribution in [0.3, 0.4) is 0 Å². The topological polar surface area (TPSA) is 63.9 Å². The van der Waals surface area contributed by atoms with Gasteiger partial charge in [-0.1, -0.05) is 0 Å². The number of fused-ring (bicyclic) bond motifs is 1. The molecule has 0 N–H and O–H groups in total. The molecule has 2 aliphatic rings. The van der Waals surface area contributed by atoms with Crippen molar-refractivity contribution in [3.63, 3.8) is 0 Å². The molecule has 0 atom stereocenters. The van der Waals surface area contributed by atoms with Gasteiger partial charge in [0, 0.05) is 38.1 Å². The Labute approximate surface area is 141 Å². The zero-order chi connectivity index (χ0) is 16.5. The summed E-state index contributed by atoms with van der Waals surface area (Å²) in [5, 5.41) is 4.61. The first-order valence-corrected chi connectivity index (χ1v) is 8.83. The number of hydrogen-bond donors (Lipinski definition) is 0. The van der Waals surface area contributed by atoms with Gasteiger partial charge >= 0.3 is 0 Å². The summed E-state index contributed by atoms with van der Waals surface area (Å²) in [6.45, 7) is 4.66. The van der Waals surface area contributed by atoms with E-state index in [-0.39, 0.29) is 5.56 Å². The molecule has 1 fully saturated rings. The summed E-state index contributed by atoms with van der Waals surface area (Å²) in [6.07, 6.45) is 8.75. The van der Waals surface area contributed by atoms with Crippen LogP contribution < -0.4 is 10.5 Å². The third-order valence-corrected chi connectivity index (χ3v) is 5.22. The normalized spacial score (nSPS) is 18.0. The minimum absolute atomic E-state index is 0.0582. The molecular formula is C18H23N5O. The Bertz CT molecular complexity index is 792. The maximum atomic E-state index is 12.3. The molecule has 0 unspecified atom stereocenters. The number of nitrogens with zero attached hydrogens (tertiary/aromatic N) is 5. The van der Waals surface area contributed by atoms with Gasteiger partial charge in [0.2, 0.25) is 0 Å². The number of rotatable bonds is 3. The lowest BCUT2D eigenvalue weighted by molar-refractivity contribution is 0.332. The van der Waals surface area contributed by atoms with Gasteiger partial charge in [-0.3, -0.25) is 9.78 Å². The Hall–Kier alpha value is -2.24. The summed E-state index contributed by atoms with van der Waals surface area (Å²) in [4.78, 5) is 23.3. The van der Waals surface area contributed by atoms with Crippen LogP contribution in [0.1, 0.15) is 36.2 Å². The van der Waals surface area contributed by atoms with Crippen LogP contribution in [0.2, 0.25) is 0 Å². The molecule has 6 heteroatoms. The highest BCUT2D eigenvalue weighted by Crippen LogP contribution is 2.24. The van der Waals surface area contributed by atoms with Crippen molar-refractivity contribution in [2.24, 2.45) is 5.92 Å². The molecule has 1 saturated heterocycles. The van der Waals surface area contributed by atoms with E-state index in [1.807, 2.05) is 6.92 Å². The molecule has 2 aromatic heterocycles. The quantitative estimate of drug-likeness (QED) is 0.860. The lowest BCUT2D eigenvalue weighted by Crippen LogP contribution is -2.37. The summed E-state index contributed by atoms with van der Waals surface area (Å²) in [5.41, 5.74) is 3.32. The fourth-order valence-electron chi connectivity index (χ4n) is 3.85. The number of aromatic nitrogens is 4. The van der Waals surface area contributed by atoms with E-state index in [4.69, 9.17) is 0 Å². The van der Waals surface area contributed by atoms with Gasteiger partial charge in [-0.2, -0.15) is 5.10 Å². The Morgan fingerprint density at radius 3 is 2.75 bits per heavy atom. The van der Waals surface area contributed by atoms with Crippen molar-refractivity contribution in [3.05, 3.63) is 45.8 Å². The fraction of sp³-hybridized carbons (Fsp3) is 0.556. The Kier molecular flexibility index (Phi) is 4.04. The van der Waals surface area contributed by atoms with Crippen molar-refractivity contribution < 1.29 is 0 Å². The third-order valence-electron chi connectivity index (χ3n) is 5.22. The number of piperidine rings is 1. The first-order chi connectivity index (χ1) is 11.7. The molecule has 2 aromatic rings. The van der Waals surface area contributed by atoms with E-state index in [9.17, 15) is 4.79 Å². The minimum atomic E-state index is 0.0582. The van der Waals surface area contributed by atoms with E-state index < -0.39 is 0 Å². The van der Waals surface area contributed by atoms with Gasteiger partial charge in [0.05, 0.1) is 11.4 Å². The van der Waals surface area contributed by atoms with E-state index in [1.165, 1.54) is 0 Å². The maximum Gasteiger partial charge on any atom is 0.267 e. The van der Waals surface area contributed by atoms with Gasteiger partial charge in [-0.25, -0.2) is 9.67 Å². The van der Waals surface area contributed by atoms with Gasteiger partial charge in [0.15, 0.2) is 0 Å². The average Bonchev–Trinajstić information content (AvgIpc) is 3.03. The molecule has 0 bridgehead atoms. The van der Waals surface area contributed by atoms with Gasteiger partial charge in [0.1, 0.15) is 5.82 Å². The van der Waals surface area contributed by atoms with Crippen molar-refractivity contribution in [1.82, 2.24) is 19.7 Å². The monoisotopic (exact) mass is 325 g/mol. The second-order valence-corrected chi connectivity index (χ2v) is 6.89. The summed E-state index contributed by atoms with van der Waals surface area (Å²) in [5.74, 6) is 1.49. The molecule has 24 heavy (non-hydrogen) atoms. The molecule has 4 rings (SSSR count). The summed E-state index contributed by atoms with van der Waals surface area (Å²) >= 11 is 0. The molecular weight excluding hydrogens is 302 g/mol. The SMILES string of the molecule is Cc1nccnc1N1CCC(Cn2nc3c(cc2=O)CCC3)CC1. The standard InChI is InChI=1S/C18H23N5O/c1-13-18(20-8-7-19-13)22-9-5-14(6-10-22)12-23-17(24)11-15-3-2-4-16(15)21-23/h7-8,11,14H,2-6,9-10,12H2,1H3. The first-order valence-electron chi connectivity index (χ1n) is 8.83. The Balaban J connectivity index is 1.42. The van der Waals surface area contributed by atoms with Crippen LogP contribution in [-0.2, 0) is 19.4 Å². The van der Waals surface area contributed by atoms with E-state index in [0.717, 1.165) is 74.5 Å². The molecule has 1 aliphatic carbocycles. The maximum absolute atomic E-state index is 12.3. The molecule has 3 heterocycles. The molecule has 126 valence electrons. The van der Waals surface area contributed by atoms with Crippen LogP contribution in [0.15, 0.2) is 23.3 Å². The fourth-order valence-corrected chi connectivity index (χ4v) is 3.85. The minimum Gasteiger partial charge on any atom is -0.355 e. The highest BCUT2D eigenvalue weighted by Gasteiger charge is 2.23. The molecule has 1 aliphatic heterocycles. The van der Waals surface area contributed by atoms with Crippen LogP contribution in [-0.4, -0.2) is 32.8 Å². The third kappa shape index (κ3) is 2.92. The van der Waals surface area contributed by atoms with Crippen LogP contribution in [0.4, 0.5) is 5.82 Å². The van der Waals surface area contributed by atoms with Crippen LogP contribution in [0.25, 0.3) is 0 Å². The van der Waals surface area contributed by atoms with Crippen LogP contribution in [0.5, 0.6) is 0 Å². The lowest BCUT2D eigenvalue weighted by atomic mass is 9.96. The summed E-state index contributed by atoms with van der Waals surface area (Å²) < 4.78 is 1.69. The van der Waals surface area contributed by atoms with E-state index >= 15 is 0 Å². The largest absolute Gasteiger partial charge is 0.355 e. The number of hydrogen-bond acceptors (Lipinski definition) is 5. The smallest absolute Gasteiger partial charge is 0.267 e. The van der Waals surface area contributed by atoms with Gasteiger partial charge in [-0.15, -0.1) is 0 Å². The highest BCUT2D eigenvalue weighted by molar-refractivity contribution is 5.42. The second-order valence-electron chi connectivity index (χ2n) is 6.89. The molecule has 0 spiro atoms. The van der Waals surface area contributed by atoms with E-state index in [2.05, 4.69) is 20.0 Å². The van der Waals surface area contributed by atoms with Crippen molar-refractivity contribution in [2.75, 3.05) is 18.0 Å². The Morgan fingerprint density at radius 2 is 1.96 bits per heavy atom. The van der Waals surface area contributed by atoms with Crippen LogP contribution in [0, 0.1) is 12.8 Å². The van der Waals surface area contributed by atoms with E-state index in [1.54, 1.807) is 23.1 Å². The first kappa shape index (κ1) is 15.3. The van der Waals surface area contributed by atoms with Gasteiger partial charge < -0.3 is 4.90 Å². The van der Waals surface area contributed by atoms with Crippen molar-refractivity contribution in [2.45, 2.75) is 45.6 Å². The van der Waals surface area contributed by atoms with Gasteiger partial charge in [0.25, 0.3) is 5.56 Å². The molecule has 0 aromatic carbocycles. The molecule has 0 amide bonds. The predicted molar refractivity (Wildman–Crippen MR) is 92.2 cm³/mol. The van der Waals surface area contributed by atoms with Crippen LogP contribution >= 0.6 is 0 Å². The highest BCUT2D eigenvalue weighted by atomic mass is 16.1. The molecule has 0 radical (unpaired) electrons. The van der Waals surface area contributed by atoms with Crippen molar-refractivity contribution in [1.29, 1.82) is 0 Å². The second kappa shape index (κ2) is 6.34. The number of aryl methyl sites for hydroxylation is 3. The molecule has 0 saturated carbocycles. The zero-order valence-corrected chi connectivity index (χ0v) is 14.1.